The quantitative estimate of drug-likeness (QED) is 0.812. The Morgan fingerprint density at radius 1 is 1.06 bits per heavy atom. The molecule has 5 unspecified atom stereocenters. The zero-order valence-electron chi connectivity index (χ0n) is 11.3. The fourth-order valence-corrected chi connectivity index (χ4v) is 4.98. The molecule has 2 bridgehead atoms. The highest BCUT2D eigenvalue weighted by molar-refractivity contribution is 4.93. The Balaban J connectivity index is 1.54. The van der Waals surface area contributed by atoms with Crippen LogP contribution < -0.4 is 5.73 Å². The molecule has 3 aliphatic rings. The van der Waals surface area contributed by atoms with Crippen molar-refractivity contribution in [3.63, 3.8) is 0 Å². The average molecular weight is 236 g/mol. The summed E-state index contributed by atoms with van der Waals surface area (Å²) in [5.74, 6) is 3.95. The van der Waals surface area contributed by atoms with Gasteiger partial charge in [-0.25, -0.2) is 0 Å². The van der Waals surface area contributed by atoms with Crippen molar-refractivity contribution in [3.05, 3.63) is 0 Å². The van der Waals surface area contributed by atoms with Gasteiger partial charge in [-0.3, -0.25) is 0 Å². The second-order valence-corrected chi connectivity index (χ2v) is 6.87. The van der Waals surface area contributed by atoms with Gasteiger partial charge in [0.25, 0.3) is 0 Å². The van der Waals surface area contributed by atoms with E-state index in [0.29, 0.717) is 0 Å². The Bertz CT molecular complexity index is 266. The molecular formula is C15H28N2. The van der Waals surface area contributed by atoms with Gasteiger partial charge in [0.05, 0.1) is 0 Å². The molecule has 3 saturated carbocycles. The predicted molar refractivity (Wildman–Crippen MR) is 71.8 cm³/mol. The minimum Gasteiger partial charge on any atom is -0.330 e. The topological polar surface area (TPSA) is 29.3 Å². The van der Waals surface area contributed by atoms with Crippen LogP contribution in [0.3, 0.4) is 0 Å². The molecule has 0 spiro atoms. The summed E-state index contributed by atoms with van der Waals surface area (Å²) in [4.78, 5) is 2.66. The normalized spacial score (nSPS) is 45.0. The first-order valence-corrected chi connectivity index (χ1v) is 7.68. The van der Waals surface area contributed by atoms with Crippen molar-refractivity contribution in [2.75, 3.05) is 20.1 Å². The van der Waals surface area contributed by atoms with Crippen molar-refractivity contribution in [1.29, 1.82) is 0 Å². The van der Waals surface area contributed by atoms with E-state index in [1.54, 1.807) is 6.42 Å². The number of hydrogen-bond acceptors (Lipinski definition) is 2. The zero-order chi connectivity index (χ0) is 11.8. The fraction of sp³-hybridized carbons (Fsp3) is 1.00. The Morgan fingerprint density at radius 2 is 1.94 bits per heavy atom. The molecule has 3 rings (SSSR count). The first-order chi connectivity index (χ1) is 8.28. The van der Waals surface area contributed by atoms with Crippen LogP contribution in [0, 0.1) is 23.7 Å². The van der Waals surface area contributed by atoms with Crippen LogP contribution in [0.15, 0.2) is 0 Å². The SMILES string of the molecule is CN(CC1CC2CCC1C2)C1CCCC1CN. The van der Waals surface area contributed by atoms with Crippen molar-refractivity contribution in [1.82, 2.24) is 4.90 Å². The van der Waals surface area contributed by atoms with E-state index in [1.807, 2.05) is 0 Å². The van der Waals surface area contributed by atoms with E-state index in [-0.39, 0.29) is 0 Å². The molecule has 0 aromatic carbocycles. The van der Waals surface area contributed by atoms with Gasteiger partial charge in [0, 0.05) is 12.6 Å². The van der Waals surface area contributed by atoms with Crippen LogP contribution in [0.25, 0.3) is 0 Å². The van der Waals surface area contributed by atoms with Crippen LogP contribution in [0.5, 0.6) is 0 Å². The largest absolute Gasteiger partial charge is 0.330 e. The van der Waals surface area contributed by atoms with Crippen LogP contribution in [0.2, 0.25) is 0 Å². The van der Waals surface area contributed by atoms with E-state index in [9.17, 15) is 0 Å². The second kappa shape index (κ2) is 4.89. The summed E-state index contributed by atoms with van der Waals surface area (Å²) in [6.45, 7) is 2.24. The van der Waals surface area contributed by atoms with E-state index in [1.165, 1.54) is 45.1 Å². The minimum absolute atomic E-state index is 0.776. The molecule has 2 nitrogen and oxygen atoms in total. The number of fused-ring (bicyclic) bond motifs is 2. The molecule has 0 aliphatic heterocycles. The highest BCUT2D eigenvalue weighted by Gasteiger charge is 2.41. The van der Waals surface area contributed by atoms with E-state index in [4.69, 9.17) is 5.73 Å². The number of nitrogens with zero attached hydrogens (tertiary/aromatic N) is 1. The van der Waals surface area contributed by atoms with Crippen molar-refractivity contribution in [2.24, 2.45) is 29.4 Å². The third kappa shape index (κ3) is 2.26. The predicted octanol–water partition coefficient (Wildman–Crippen LogP) is 2.48. The van der Waals surface area contributed by atoms with Gasteiger partial charge in [-0.1, -0.05) is 12.8 Å². The van der Waals surface area contributed by atoms with Crippen LogP contribution in [-0.2, 0) is 0 Å². The molecule has 0 aromatic heterocycles. The third-order valence-electron chi connectivity index (χ3n) is 5.89. The van der Waals surface area contributed by atoms with Gasteiger partial charge < -0.3 is 10.6 Å². The van der Waals surface area contributed by atoms with Crippen LogP contribution in [0.1, 0.15) is 44.9 Å². The summed E-state index contributed by atoms with van der Waals surface area (Å²) >= 11 is 0. The molecule has 0 amide bonds. The maximum atomic E-state index is 5.90. The van der Waals surface area contributed by atoms with Gasteiger partial charge in [0.15, 0.2) is 0 Å². The molecule has 98 valence electrons. The Kier molecular flexibility index (Phi) is 3.45. The minimum atomic E-state index is 0.776. The van der Waals surface area contributed by atoms with Crippen molar-refractivity contribution in [3.8, 4) is 0 Å². The van der Waals surface area contributed by atoms with Gasteiger partial charge in [-0.2, -0.15) is 0 Å². The van der Waals surface area contributed by atoms with Gasteiger partial charge in [-0.05, 0) is 69.4 Å². The Hall–Kier alpha value is -0.0800. The summed E-state index contributed by atoms with van der Waals surface area (Å²) in [5, 5.41) is 0. The first-order valence-electron chi connectivity index (χ1n) is 7.68. The van der Waals surface area contributed by atoms with E-state index >= 15 is 0 Å². The monoisotopic (exact) mass is 236 g/mol. The Morgan fingerprint density at radius 3 is 2.59 bits per heavy atom. The standard InChI is InChI=1S/C15H28N2/c1-17(15-4-2-3-13(15)9-16)10-14-8-11-5-6-12(14)7-11/h11-15H,2-10,16H2,1H3. The van der Waals surface area contributed by atoms with Crippen molar-refractivity contribution in [2.45, 2.75) is 51.0 Å². The van der Waals surface area contributed by atoms with Gasteiger partial charge >= 0.3 is 0 Å². The molecule has 3 aliphatic carbocycles. The molecule has 17 heavy (non-hydrogen) atoms. The molecule has 2 heteroatoms. The summed E-state index contributed by atoms with van der Waals surface area (Å²) in [7, 11) is 2.35. The smallest absolute Gasteiger partial charge is 0.0133 e. The van der Waals surface area contributed by atoms with Crippen molar-refractivity contribution < 1.29 is 0 Å². The van der Waals surface area contributed by atoms with E-state index < -0.39 is 0 Å². The maximum Gasteiger partial charge on any atom is 0.0133 e. The first kappa shape index (κ1) is 12.0. The summed E-state index contributed by atoms with van der Waals surface area (Å²) in [6.07, 6.45) is 10.3. The Labute approximate surface area is 106 Å². The lowest BCUT2D eigenvalue weighted by Crippen LogP contribution is -2.41. The molecule has 0 saturated heterocycles. The molecule has 3 fully saturated rings. The molecule has 2 N–H and O–H groups in total. The summed E-state index contributed by atoms with van der Waals surface area (Å²) < 4.78 is 0. The van der Waals surface area contributed by atoms with Crippen LogP contribution in [-0.4, -0.2) is 31.1 Å². The number of rotatable bonds is 4. The molecule has 5 atom stereocenters. The van der Waals surface area contributed by atoms with Crippen molar-refractivity contribution >= 4 is 0 Å². The maximum absolute atomic E-state index is 5.90. The lowest BCUT2D eigenvalue weighted by molar-refractivity contribution is 0.148. The van der Waals surface area contributed by atoms with Gasteiger partial charge in [-0.15, -0.1) is 0 Å². The van der Waals surface area contributed by atoms with Crippen LogP contribution >= 0.6 is 0 Å². The third-order valence-corrected chi connectivity index (χ3v) is 5.89. The average Bonchev–Trinajstić information content (AvgIpc) is 3.04. The van der Waals surface area contributed by atoms with Gasteiger partial charge in [0.1, 0.15) is 0 Å². The van der Waals surface area contributed by atoms with Gasteiger partial charge in [0.2, 0.25) is 0 Å². The number of nitrogens with two attached hydrogens (primary N) is 1. The zero-order valence-corrected chi connectivity index (χ0v) is 11.3. The van der Waals surface area contributed by atoms with E-state index in [0.717, 1.165) is 36.3 Å². The lowest BCUT2D eigenvalue weighted by Gasteiger charge is -2.33. The highest BCUT2D eigenvalue weighted by Crippen LogP contribution is 2.48. The fourth-order valence-electron chi connectivity index (χ4n) is 4.98. The molecule has 0 heterocycles. The molecule has 0 aromatic rings. The molecular weight excluding hydrogens is 208 g/mol. The van der Waals surface area contributed by atoms with Crippen LogP contribution in [0.4, 0.5) is 0 Å². The van der Waals surface area contributed by atoms with E-state index in [2.05, 4.69) is 11.9 Å². The number of hydrogen-bond donors (Lipinski definition) is 1. The highest BCUT2D eigenvalue weighted by atomic mass is 15.1. The second-order valence-electron chi connectivity index (χ2n) is 6.87. The summed E-state index contributed by atoms with van der Waals surface area (Å²) in [5.41, 5.74) is 5.90. The lowest BCUT2D eigenvalue weighted by atomic mass is 9.88. The molecule has 0 radical (unpaired) electrons. The summed E-state index contributed by atoms with van der Waals surface area (Å²) in [6, 6.07) is 0.791.